The maximum Gasteiger partial charge on any atom is 0.271 e. The lowest BCUT2D eigenvalue weighted by atomic mass is 10.00. The normalized spacial score (nSPS) is 16.5. The molecule has 0 aliphatic carbocycles. The van der Waals surface area contributed by atoms with Gasteiger partial charge in [0.2, 0.25) is 5.95 Å². The minimum Gasteiger partial charge on any atom is -0.341 e. The Morgan fingerprint density at radius 3 is 2.48 bits per heavy atom. The summed E-state index contributed by atoms with van der Waals surface area (Å²) in [7, 11) is -3.65. The lowest BCUT2D eigenvalue weighted by Crippen LogP contribution is -2.34. The molecular weight excluding hydrogens is 356 g/mol. The quantitative estimate of drug-likeness (QED) is 0.891. The molecule has 124 valence electrons. The summed E-state index contributed by atoms with van der Waals surface area (Å²) < 4.78 is 27.5. The highest BCUT2D eigenvalue weighted by Gasteiger charge is 2.19. The number of nitrogens with one attached hydrogen (secondary N) is 1. The molecule has 2 aromatic heterocycles. The summed E-state index contributed by atoms with van der Waals surface area (Å²) in [4.78, 5) is 10.7. The first kappa shape index (κ1) is 16.5. The number of aromatic nitrogens is 2. The van der Waals surface area contributed by atoms with E-state index in [0.717, 1.165) is 43.2 Å². The van der Waals surface area contributed by atoms with Crippen LogP contribution < -0.4 is 9.62 Å². The monoisotopic (exact) mass is 372 g/mol. The van der Waals surface area contributed by atoms with Crippen molar-refractivity contribution in [2.24, 2.45) is 5.92 Å². The van der Waals surface area contributed by atoms with Crippen molar-refractivity contribution in [3.8, 4) is 0 Å². The molecule has 2 aromatic rings. The molecular formula is C14H17ClN4O2S2. The van der Waals surface area contributed by atoms with Crippen molar-refractivity contribution in [2.75, 3.05) is 22.7 Å². The van der Waals surface area contributed by atoms with Crippen LogP contribution in [0.4, 0.5) is 11.6 Å². The number of sulfonamides is 1. The molecule has 0 saturated carbocycles. The molecule has 1 aliphatic heterocycles. The van der Waals surface area contributed by atoms with Crippen LogP contribution >= 0.6 is 22.9 Å². The Morgan fingerprint density at radius 1 is 1.26 bits per heavy atom. The van der Waals surface area contributed by atoms with Crippen LogP contribution in [0.5, 0.6) is 0 Å². The Bertz CT molecular complexity index is 768. The van der Waals surface area contributed by atoms with Crippen molar-refractivity contribution in [1.82, 2.24) is 9.97 Å². The van der Waals surface area contributed by atoms with Crippen LogP contribution in [-0.4, -0.2) is 31.5 Å². The molecule has 1 saturated heterocycles. The highest BCUT2D eigenvalue weighted by atomic mass is 35.5. The second-order valence-electron chi connectivity index (χ2n) is 5.61. The van der Waals surface area contributed by atoms with Gasteiger partial charge < -0.3 is 4.90 Å². The van der Waals surface area contributed by atoms with Gasteiger partial charge in [-0.3, -0.25) is 4.72 Å². The average Bonchev–Trinajstić information content (AvgIpc) is 2.96. The number of thiophene rings is 1. The molecule has 0 bridgehead atoms. The number of halogens is 1. The Hall–Kier alpha value is -1.38. The standard InChI is InChI=1S/C14H17ClN4O2S2/c1-10-4-6-19(7-5-10)14-16-8-11(9-17-14)18-23(20,21)13-3-2-12(15)22-13/h2-3,8-10,18H,4-7H2,1H3. The van der Waals surface area contributed by atoms with E-state index in [-0.39, 0.29) is 4.21 Å². The van der Waals surface area contributed by atoms with Crippen molar-refractivity contribution in [3.63, 3.8) is 0 Å². The molecule has 6 nitrogen and oxygen atoms in total. The van der Waals surface area contributed by atoms with Gasteiger partial charge in [0.1, 0.15) is 4.21 Å². The average molecular weight is 373 g/mol. The maximum atomic E-state index is 12.2. The van der Waals surface area contributed by atoms with E-state index in [9.17, 15) is 8.42 Å². The minimum absolute atomic E-state index is 0.164. The molecule has 0 unspecified atom stereocenters. The molecule has 0 atom stereocenters. The molecule has 0 amide bonds. The first-order chi connectivity index (χ1) is 10.9. The summed E-state index contributed by atoms with van der Waals surface area (Å²) in [5, 5.41) is 0. The number of rotatable bonds is 4. The van der Waals surface area contributed by atoms with Crippen LogP contribution in [-0.2, 0) is 10.0 Å². The lowest BCUT2D eigenvalue weighted by Gasteiger charge is -2.30. The first-order valence-corrected chi connectivity index (χ1v) is 9.97. The van der Waals surface area contributed by atoms with Crippen LogP contribution in [0.3, 0.4) is 0 Å². The van der Waals surface area contributed by atoms with E-state index in [1.807, 2.05) is 0 Å². The van der Waals surface area contributed by atoms with Crippen molar-refractivity contribution < 1.29 is 8.42 Å². The molecule has 0 spiro atoms. The second-order valence-corrected chi connectivity index (χ2v) is 9.23. The Morgan fingerprint density at radius 2 is 1.91 bits per heavy atom. The van der Waals surface area contributed by atoms with Crippen LogP contribution in [0.2, 0.25) is 4.34 Å². The third-order valence-corrected chi connectivity index (χ3v) is 6.87. The third-order valence-electron chi connectivity index (χ3n) is 3.77. The van der Waals surface area contributed by atoms with Gasteiger partial charge in [0.25, 0.3) is 10.0 Å². The maximum absolute atomic E-state index is 12.2. The van der Waals surface area contributed by atoms with Crippen LogP contribution in [0.25, 0.3) is 0 Å². The lowest BCUT2D eigenvalue weighted by molar-refractivity contribution is 0.434. The van der Waals surface area contributed by atoms with Crippen molar-refractivity contribution in [2.45, 2.75) is 24.0 Å². The van der Waals surface area contributed by atoms with Gasteiger partial charge in [-0.25, -0.2) is 18.4 Å². The number of hydrogen-bond donors (Lipinski definition) is 1. The summed E-state index contributed by atoms with van der Waals surface area (Å²) in [5.74, 6) is 1.37. The second kappa shape index (κ2) is 6.62. The van der Waals surface area contributed by atoms with E-state index in [4.69, 9.17) is 11.6 Å². The van der Waals surface area contributed by atoms with E-state index in [0.29, 0.717) is 16.0 Å². The van der Waals surface area contributed by atoms with Crippen LogP contribution in [0.15, 0.2) is 28.7 Å². The van der Waals surface area contributed by atoms with Gasteiger partial charge in [0, 0.05) is 13.1 Å². The molecule has 23 heavy (non-hydrogen) atoms. The molecule has 3 heterocycles. The van der Waals surface area contributed by atoms with E-state index in [1.54, 1.807) is 6.07 Å². The van der Waals surface area contributed by atoms with E-state index < -0.39 is 10.0 Å². The van der Waals surface area contributed by atoms with E-state index in [1.165, 1.54) is 18.5 Å². The van der Waals surface area contributed by atoms with Crippen molar-refractivity contribution >= 4 is 44.6 Å². The molecule has 9 heteroatoms. The molecule has 1 fully saturated rings. The van der Waals surface area contributed by atoms with Gasteiger partial charge in [0.15, 0.2) is 0 Å². The third kappa shape index (κ3) is 3.94. The van der Waals surface area contributed by atoms with Gasteiger partial charge in [-0.15, -0.1) is 11.3 Å². The van der Waals surface area contributed by atoms with Gasteiger partial charge in [-0.2, -0.15) is 0 Å². The summed E-state index contributed by atoms with van der Waals surface area (Å²) in [5.41, 5.74) is 0.337. The van der Waals surface area contributed by atoms with Crippen molar-refractivity contribution in [1.29, 1.82) is 0 Å². The van der Waals surface area contributed by atoms with E-state index >= 15 is 0 Å². The van der Waals surface area contributed by atoms with Gasteiger partial charge in [0.05, 0.1) is 22.4 Å². The molecule has 0 radical (unpaired) electrons. The number of anilines is 2. The van der Waals surface area contributed by atoms with E-state index in [2.05, 4.69) is 26.5 Å². The minimum atomic E-state index is -3.65. The zero-order valence-corrected chi connectivity index (χ0v) is 15.0. The predicted molar refractivity (Wildman–Crippen MR) is 92.8 cm³/mol. The Balaban J connectivity index is 1.70. The smallest absolute Gasteiger partial charge is 0.271 e. The fourth-order valence-electron chi connectivity index (χ4n) is 2.39. The zero-order chi connectivity index (χ0) is 16.4. The number of piperidine rings is 1. The van der Waals surface area contributed by atoms with Crippen LogP contribution in [0.1, 0.15) is 19.8 Å². The van der Waals surface area contributed by atoms with Gasteiger partial charge >= 0.3 is 0 Å². The van der Waals surface area contributed by atoms with Gasteiger partial charge in [-0.05, 0) is 30.9 Å². The van der Waals surface area contributed by atoms with Crippen LogP contribution in [0, 0.1) is 5.92 Å². The number of hydrogen-bond acceptors (Lipinski definition) is 6. The molecule has 3 rings (SSSR count). The highest BCUT2D eigenvalue weighted by Crippen LogP contribution is 2.27. The highest BCUT2D eigenvalue weighted by molar-refractivity contribution is 7.94. The molecule has 1 N–H and O–H groups in total. The number of nitrogens with zero attached hydrogens (tertiary/aromatic N) is 3. The largest absolute Gasteiger partial charge is 0.341 e. The summed E-state index contributed by atoms with van der Waals surface area (Å²) in [6.07, 6.45) is 5.23. The summed E-state index contributed by atoms with van der Waals surface area (Å²) in [6, 6.07) is 3.02. The van der Waals surface area contributed by atoms with Gasteiger partial charge in [-0.1, -0.05) is 18.5 Å². The Kier molecular flexibility index (Phi) is 4.74. The fourth-order valence-corrected chi connectivity index (χ4v) is 4.90. The predicted octanol–water partition coefficient (Wildman–Crippen LogP) is 3.23. The molecule has 1 aliphatic rings. The summed E-state index contributed by atoms with van der Waals surface area (Å²) >= 11 is 6.79. The first-order valence-electron chi connectivity index (χ1n) is 7.29. The topological polar surface area (TPSA) is 75.2 Å². The zero-order valence-electron chi connectivity index (χ0n) is 12.6. The summed E-state index contributed by atoms with van der Waals surface area (Å²) in [6.45, 7) is 4.10. The van der Waals surface area contributed by atoms with Crippen molar-refractivity contribution in [3.05, 3.63) is 28.9 Å². The fraction of sp³-hybridized carbons (Fsp3) is 0.429. The SMILES string of the molecule is CC1CCN(c2ncc(NS(=O)(=O)c3ccc(Cl)s3)cn2)CC1. The Labute approximate surface area is 144 Å². The molecule has 0 aromatic carbocycles.